The Hall–Kier alpha value is -4.83. The number of likely N-dealkylation sites (N-methyl/N-ethyl adjacent to an activating group) is 1. The van der Waals surface area contributed by atoms with Gasteiger partial charge in [0.05, 0.1) is 22.9 Å². The van der Waals surface area contributed by atoms with Crippen LogP contribution >= 0.6 is 0 Å². The summed E-state index contributed by atoms with van der Waals surface area (Å²) in [6.45, 7) is 7.01. The number of pyridine rings is 1. The Kier molecular flexibility index (Phi) is 8.25. The van der Waals surface area contributed by atoms with Crippen LogP contribution in [0.2, 0.25) is 0 Å². The Labute approximate surface area is 258 Å². The Morgan fingerprint density at radius 1 is 1.05 bits per heavy atom. The van der Waals surface area contributed by atoms with Crippen LogP contribution in [-0.4, -0.2) is 86.5 Å². The van der Waals surface area contributed by atoms with Gasteiger partial charge in [0.15, 0.2) is 5.82 Å². The molecule has 6 rings (SSSR count). The Morgan fingerprint density at radius 2 is 1.91 bits per heavy atom. The van der Waals surface area contributed by atoms with Crippen molar-refractivity contribution in [1.29, 1.82) is 0 Å². The number of nitrogens with zero attached hydrogens (tertiary/aromatic N) is 8. The second kappa shape index (κ2) is 12.4. The Balaban J connectivity index is 1.17. The largest absolute Gasteiger partial charge is 0.350 e. The zero-order valence-corrected chi connectivity index (χ0v) is 26.0. The normalized spacial score (nSPS) is 15.6. The number of aryl methyl sites for hydroxylation is 2. The fourth-order valence-corrected chi connectivity index (χ4v) is 5.77. The molecule has 0 aliphatic carbocycles. The van der Waals surface area contributed by atoms with Gasteiger partial charge in [-0.2, -0.15) is 0 Å². The van der Waals surface area contributed by atoms with Crippen LogP contribution in [0.5, 0.6) is 0 Å². The lowest BCUT2D eigenvalue weighted by molar-refractivity contribution is -0.126. The second-order valence-electron chi connectivity index (χ2n) is 11.9. The molecule has 5 aromatic rings. The molecule has 10 heteroatoms. The van der Waals surface area contributed by atoms with Crippen LogP contribution in [0.15, 0.2) is 73.3 Å². The predicted molar refractivity (Wildman–Crippen MR) is 176 cm³/mol. The van der Waals surface area contributed by atoms with E-state index in [9.17, 15) is 4.79 Å². The molecule has 4 heterocycles. The van der Waals surface area contributed by atoms with E-state index in [2.05, 4.69) is 75.4 Å². The fraction of sp³-hybridized carbons (Fsp3) is 0.324. The first-order valence-corrected chi connectivity index (χ1v) is 15.0. The van der Waals surface area contributed by atoms with Crippen molar-refractivity contribution in [3.8, 4) is 0 Å². The predicted octanol–water partition coefficient (Wildman–Crippen LogP) is 4.71. The van der Waals surface area contributed by atoms with Crippen LogP contribution in [0.4, 0.5) is 17.3 Å². The highest BCUT2D eigenvalue weighted by atomic mass is 16.2. The maximum atomic E-state index is 12.7. The van der Waals surface area contributed by atoms with Crippen molar-refractivity contribution in [3.63, 3.8) is 0 Å². The van der Waals surface area contributed by atoms with Gasteiger partial charge in [0, 0.05) is 51.0 Å². The van der Waals surface area contributed by atoms with Crippen molar-refractivity contribution in [2.24, 2.45) is 7.05 Å². The first-order chi connectivity index (χ1) is 21.2. The SMILES string of the molecule is Cc1cc(Nc2ncnc3ccc(N4CCN(C(=O)/C=C/CN(C)C)C[C@@H]4C)nc23)ccc1Cc1ccc2c(c1)ncn2C. The van der Waals surface area contributed by atoms with Gasteiger partial charge in [0.2, 0.25) is 5.91 Å². The summed E-state index contributed by atoms with van der Waals surface area (Å²) >= 11 is 0. The first kappa shape index (κ1) is 29.3. The Morgan fingerprint density at radius 3 is 2.70 bits per heavy atom. The van der Waals surface area contributed by atoms with Gasteiger partial charge in [-0.25, -0.2) is 19.9 Å². The van der Waals surface area contributed by atoms with E-state index in [-0.39, 0.29) is 11.9 Å². The highest BCUT2D eigenvalue weighted by molar-refractivity contribution is 5.89. The average Bonchev–Trinajstić information content (AvgIpc) is 3.38. The molecule has 1 fully saturated rings. The molecule has 1 amide bonds. The zero-order chi connectivity index (χ0) is 30.8. The summed E-state index contributed by atoms with van der Waals surface area (Å²) in [7, 11) is 5.99. The zero-order valence-electron chi connectivity index (χ0n) is 26.0. The van der Waals surface area contributed by atoms with E-state index in [0.717, 1.165) is 41.0 Å². The second-order valence-corrected chi connectivity index (χ2v) is 11.9. The smallest absolute Gasteiger partial charge is 0.246 e. The number of nitrogens with one attached hydrogen (secondary N) is 1. The fourth-order valence-electron chi connectivity index (χ4n) is 5.77. The summed E-state index contributed by atoms with van der Waals surface area (Å²) in [4.78, 5) is 37.4. The third kappa shape index (κ3) is 6.26. The van der Waals surface area contributed by atoms with Crippen molar-refractivity contribution in [3.05, 3.63) is 90.0 Å². The van der Waals surface area contributed by atoms with Crippen LogP contribution in [0.25, 0.3) is 22.1 Å². The molecule has 44 heavy (non-hydrogen) atoms. The number of hydrogen-bond acceptors (Lipinski definition) is 8. The minimum absolute atomic E-state index is 0.0558. The molecule has 0 radical (unpaired) electrons. The molecule has 226 valence electrons. The molecule has 0 saturated carbocycles. The molecule has 1 saturated heterocycles. The van der Waals surface area contributed by atoms with Crippen LogP contribution in [-0.2, 0) is 18.3 Å². The van der Waals surface area contributed by atoms with Gasteiger partial charge >= 0.3 is 0 Å². The van der Waals surface area contributed by atoms with Crippen molar-refractivity contribution in [1.82, 2.24) is 34.3 Å². The number of carbonyl (C=O) groups is 1. The van der Waals surface area contributed by atoms with Gasteiger partial charge in [-0.05, 0) is 87.5 Å². The molecule has 0 spiro atoms. The van der Waals surface area contributed by atoms with E-state index < -0.39 is 0 Å². The molecule has 1 N–H and O–H groups in total. The highest BCUT2D eigenvalue weighted by Crippen LogP contribution is 2.28. The minimum atomic E-state index is 0.0558. The van der Waals surface area contributed by atoms with Crippen molar-refractivity contribution in [2.45, 2.75) is 26.3 Å². The van der Waals surface area contributed by atoms with E-state index in [0.29, 0.717) is 31.0 Å². The van der Waals surface area contributed by atoms with Gasteiger partial charge in [-0.1, -0.05) is 18.2 Å². The monoisotopic (exact) mass is 589 g/mol. The minimum Gasteiger partial charge on any atom is -0.350 e. The third-order valence-corrected chi connectivity index (χ3v) is 8.22. The van der Waals surface area contributed by atoms with Gasteiger partial charge in [-0.15, -0.1) is 0 Å². The maximum Gasteiger partial charge on any atom is 0.246 e. The van der Waals surface area contributed by atoms with E-state index in [1.165, 1.54) is 16.7 Å². The summed E-state index contributed by atoms with van der Waals surface area (Å²) in [6, 6.07) is 17.0. The molecule has 2 aromatic carbocycles. The number of imidazole rings is 1. The molecule has 1 atom stereocenters. The lowest BCUT2D eigenvalue weighted by atomic mass is 9.99. The van der Waals surface area contributed by atoms with Crippen molar-refractivity contribution in [2.75, 3.05) is 50.5 Å². The van der Waals surface area contributed by atoms with E-state index in [4.69, 9.17) is 4.98 Å². The molecule has 1 aliphatic rings. The van der Waals surface area contributed by atoms with E-state index in [1.54, 1.807) is 12.4 Å². The number of anilines is 3. The molecular weight excluding hydrogens is 550 g/mol. The molecule has 1 aliphatic heterocycles. The number of piperazine rings is 1. The molecule has 10 nitrogen and oxygen atoms in total. The first-order valence-electron chi connectivity index (χ1n) is 15.0. The number of amides is 1. The van der Waals surface area contributed by atoms with Crippen LogP contribution < -0.4 is 10.2 Å². The van der Waals surface area contributed by atoms with Crippen LogP contribution in [0.1, 0.15) is 23.6 Å². The number of fused-ring (bicyclic) bond motifs is 2. The van der Waals surface area contributed by atoms with Crippen molar-refractivity contribution >= 4 is 45.3 Å². The quantitative estimate of drug-likeness (QED) is 0.260. The lowest BCUT2D eigenvalue weighted by Crippen LogP contribution is -2.53. The Bertz CT molecular complexity index is 1840. The topological polar surface area (TPSA) is 95.3 Å². The number of aromatic nitrogens is 5. The summed E-state index contributed by atoms with van der Waals surface area (Å²) in [6.07, 6.45) is 7.85. The lowest BCUT2D eigenvalue weighted by Gasteiger charge is -2.40. The highest BCUT2D eigenvalue weighted by Gasteiger charge is 2.27. The van der Waals surface area contributed by atoms with Crippen LogP contribution in [0, 0.1) is 6.92 Å². The molecule has 0 bridgehead atoms. The van der Waals surface area contributed by atoms with E-state index >= 15 is 0 Å². The third-order valence-electron chi connectivity index (χ3n) is 8.22. The number of rotatable bonds is 8. The van der Waals surface area contributed by atoms with Gasteiger partial charge < -0.3 is 24.6 Å². The summed E-state index contributed by atoms with van der Waals surface area (Å²) in [5.74, 6) is 1.58. The van der Waals surface area contributed by atoms with Gasteiger partial charge in [0.1, 0.15) is 17.7 Å². The standard InChI is InChI=1S/C34H39N9O/c1-23-17-27(10-9-26(23)18-25-8-12-30-29(19-25)37-22-41(30)5)38-34-33-28(35-21-36-34)11-13-31(39-33)43-16-15-42(20-24(43)2)32(44)7-6-14-40(3)4/h6-13,17,19,21-22,24H,14-16,18,20H2,1-5H3,(H,35,36,38)/b7-6+/t24-/m0/s1. The summed E-state index contributed by atoms with van der Waals surface area (Å²) in [5.41, 5.74) is 8.28. The molecule has 0 unspecified atom stereocenters. The number of hydrogen-bond donors (Lipinski definition) is 1. The van der Waals surface area contributed by atoms with E-state index in [1.807, 2.05) is 60.0 Å². The van der Waals surface area contributed by atoms with Gasteiger partial charge in [0.25, 0.3) is 0 Å². The summed E-state index contributed by atoms with van der Waals surface area (Å²) < 4.78 is 2.04. The van der Waals surface area contributed by atoms with Gasteiger partial charge in [-0.3, -0.25) is 4.79 Å². The average molecular weight is 590 g/mol. The maximum absolute atomic E-state index is 12.7. The van der Waals surface area contributed by atoms with Crippen LogP contribution in [0.3, 0.4) is 0 Å². The van der Waals surface area contributed by atoms with Crippen molar-refractivity contribution < 1.29 is 4.79 Å². The molecular formula is C34H39N9O. The number of benzene rings is 2. The number of carbonyl (C=O) groups excluding carboxylic acids is 1. The summed E-state index contributed by atoms with van der Waals surface area (Å²) in [5, 5.41) is 3.49. The molecule has 3 aromatic heterocycles.